The lowest BCUT2D eigenvalue weighted by Gasteiger charge is -1.99. The molecule has 0 unspecified atom stereocenters. The molecule has 0 aliphatic heterocycles. The topological polar surface area (TPSA) is 20.2 Å². The molecule has 0 aromatic heterocycles. The standard InChI is InChI=1S/C11H10ClFO/c1-8-6-9(4-2-3-5-14)10(12)7-11(8)13/h6-7,14H,3,5H2,1H3. The quantitative estimate of drug-likeness (QED) is 0.710. The van der Waals surface area contributed by atoms with E-state index in [9.17, 15) is 4.39 Å². The Morgan fingerprint density at radius 2 is 2.21 bits per heavy atom. The summed E-state index contributed by atoms with van der Waals surface area (Å²) in [6.07, 6.45) is 0.396. The monoisotopic (exact) mass is 212 g/mol. The zero-order chi connectivity index (χ0) is 10.6. The second-order valence-electron chi connectivity index (χ2n) is 2.86. The number of aliphatic hydroxyl groups is 1. The first kappa shape index (κ1) is 11.0. The van der Waals surface area contributed by atoms with Crippen LogP contribution in [0.25, 0.3) is 0 Å². The normalized spacial score (nSPS) is 9.43. The SMILES string of the molecule is Cc1cc(C#CCCO)c(Cl)cc1F. The molecule has 0 heterocycles. The minimum absolute atomic E-state index is 0.0186. The predicted octanol–water partition coefficient (Wildman–Crippen LogP) is 2.52. The molecule has 1 aromatic rings. The van der Waals surface area contributed by atoms with Crippen LogP contribution in [-0.2, 0) is 0 Å². The zero-order valence-electron chi connectivity index (χ0n) is 7.77. The van der Waals surface area contributed by atoms with Gasteiger partial charge in [-0.3, -0.25) is 0 Å². The van der Waals surface area contributed by atoms with E-state index < -0.39 is 0 Å². The van der Waals surface area contributed by atoms with Gasteiger partial charge in [-0.05, 0) is 24.6 Å². The highest BCUT2D eigenvalue weighted by molar-refractivity contribution is 6.31. The van der Waals surface area contributed by atoms with Crippen LogP contribution in [0.3, 0.4) is 0 Å². The number of aryl methyl sites for hydroxylation is 1. The van der Waals surface area contributed by atoms with Gasteiger partial charge in [-0.25, -0.2) is 4.39 Å². The van der Waals surface area contributed by atoms with E-state index in [1.54, 1.807) is 13.0 Å². The van der Waals surface area contributed by atoms with Gasteiger partial charge < -0.3 is 5.11 Å². The summed E-state index contributed by atoms with van der Waals surface area (Å²) in [4.78, 5) is 0. The Morgan fingerprint density at radius 1 is 1.50 bits per heavy atom. The molecular formula is C11H10ClFO. The fourth-order valence-electron chi connectivity index (χ4n) is 0.967. The molecule has 74 valence electrons. The van der Waals surface area contributed by atoms with Crippen molar-refractivity contribution < 1.29 is 9.50 Å². The maximum absolute atomic E-state index is 13.0. The molecule has 0 saturated heterocycles. The van der Waals surface area contributed by atoms with Gasteiger partial charge in [-0.15, -0.1) is 0 Å². The second-order valence-corrected chi connectivity index (χ2v) is 3.26. The molecule has 0 fully saturated rings. The molecule has 1 N–H and O–H groups in total. The van der Waals surface area contributed by atoms with Crippen LogP contribution >= 0.6 is 11.6 Å². The Kier molecular flexibility index (Phi) is 3.94. The van der Waals surface area contributed by atoms with Crippen molar-refractivity contribution in [2.24, 2.45) is 0 Å². The molecule has 1 aromatic carbocycles. The molecule has 1 rings (SSSR count). The van der Waals surface area contributed by atoms with Crippen molar-refractivity contribution in [2.75, 3.05) is 6.61 Å². The van der Waals surface area contributed by atoms with E-state index in [-0.39, 0.29) is 12.4 Å². The van der Waals surface area contributed by atoms with E-state index in [1.165, 1.54) is 6.07 Å². The number of rotatable bonds is 1. The molecule has 0 atom stereocenters. The third-order valence-corrected chi connectivity index (χ3v) is 2.02. The van der Waals surface area contributed by atoms with Crippen LogP contribution in [0.5, 0.6) is 0 Å². The summed E-state index contributed by atoms with van der Waals surface area (Å²) in [5.74, 6) is 5.17. The lowest BCUT2D eigenvalue weighted by molar-refractivity contribution is 0.305. The average molecular weight is 213 g/mol. The lowest BCUT2D eigenvalue weighted by atomic mass is 10.1. The van der Waals surface area contributed by atoms with Gasteiger partial charge in [0.05, 0.1) is 11.6 Å². The minimum atomic E-state index is -0.331. The van der Waals surface area contributed by atoms with Crippen molar-refractivity contribution in [3.8, 4) is 11.8 Å². The molecule has 3 heteroatoms. The van der Waals surface area contributed by atoms with Crippen LogP contribution in [-0.4, -0.2) is 11.7 Å². The van der Waals surface area contributed by atoms with Gasteiger partial charge in [0.2, 0.25) is 0 Å². The number of benzene rings is 1. The summed E-state index contributed by atoms with van der Waals surface area (Å²) < 4.78 is 13.0. The highest BCUT2D eigenvalue weighted by Crippen LogP contribution is 2.19. The summed E-state index contributed by atoms with van der Waals surface area (Å²) in [5, 5.41) is 8.82. The number of aliphatic hydroxyl groups excluding tert-OH is 1. The van der Waals surface area contributed by atoms with Crippen LogP contribution in [0.2, 0.25) is 5.02 Å². The summed E-state index contributed by atoms with van der Waals surface area (Å²) in [6, 6.07) is 2.85. The Hall–Kier alpha value is -1.04. The molecular weight excluding hydrogens is 203 g/mol. The van der Waals surface area contributed by atoms with E-state index in [1.807, 2.05) is 0 Å². The number of hydrogen-bond donors (Lipinski definition) is 1. The highest BCUT2D eigenvalue weighted by atomic mass is 35.5. The molecule has 0 spiro atoms. The third kappa shape index (κ3) is 2.73. The van der Waals surface area contributed by atoms with Gasteiger partial charge in [0.25, 0.3) is 0 Å². The van der Waals surface area contributed by atoms with Gasteiger partial charge in [0.15, 0.2) is 0 Å². The fraction of sp³-hybridized carbons (Fsp3) is 0.273. The first-order chi connectivity index (χ1) is 6.65. The number of hydrogen-bond acceptors (Lipinski definition) is 1. The van der Waals surface area contributed by atoms with Crippen molar-refractivity contribution >= 4 is 11.6 Å². The maximum Gasteiger partial charge on any atom is 0.127 e. The third-order valence-electron chi connectivity index (χ3n) is 1.71. The van der Waals surface area contributed by atoms with E-state index in [2.05, 4.69) is 11.8 Å². The Bertz CT molecular complexity index is 390. The summed E-state index contributed by atoms with van der Waals surface area (Å²) in [6.45, 7) is 1.67. The summed E-state index contributed by atoms with van der Waals surface area (Å²) in [7, 11) is 0. The van der Waals surface area contributed by atoms with Gasteiger partial charge in [-0.2, -0.15) is 0 Å². The number of halogens is 2. The van der Waals surface area contributed by atoms with Crippen LogP contribution in [0.15, 0.2) is 12.1 Å². The van der Waals surface area contributed by atoms with Crippen molar-refractivity contribution in [3.05, 3.63) is 34.1 Å². The van der Waals surface area contributed by atoms with E-state index in [0.717, 1.165) is 0 Å². The maximum atomic E-state index is 13.0. The molecule has 0 aliphatic carbocycles. The predicted molar refractivity (Wildman–Crippen MR) is 54.7 cm³/mol. The first-order valence-corrected chi connectivity index (χ1v) is 4.58. The molecule has 0 aliphatic rings. The van der Waals surface area contributed by atoms with Crippen LogP contribution < -0.4 is 0 Å². The smallest absolute Gasteiger partial charge is 0.127 e. The fourth-order valence-corrected chi connectivity index (χ4v) is 1.16. The van der Waals surface area contributed by atoms with Crippen molar-refractivity contribution in [3.63, 3.8) is 0 Å². The summed E-state index contributed by atoms with van der Waals surface area (Å²) in [5.41, 5.74) is 1.11. The molecule has 1 nitrogen and oxygen atoms in total. The molecule has 0 amide bonds. The van der Waals surface area contributed by atoms with Crippen LogP contribution in [0, 0.1) is 24.6 Å². The molecule has 0 radical (unpaired) electrons. The van der Waals surface area contributed by atoms with Crippen molar-refractivity contribution in [1.82, 2.24) is 0 Å². The minimum Gasteiger partial charge on any atom is -0.395 e. The molecule has 0 saturated carbocycles. The van der Waals surface area contributed by atoms with Gasteiger partial charge in [0.1, 0.15) is 5.82 Å². The largest absolute Gasteiger partial charge is 0.395 e. The highest BCUT2D eigenvalue weighted by Gasteiger charge is 2.02. The van der Waals surface area contributed by atoms with Crippen LogP contribution in [0.1, 0.15) is 17.5 Å². The Labute approximate surface area is 87.5 Å². The van der Waals surface area contributed by atoms with Crippen molar-refractivity contribution in [1.29, 1.82) is 0 Å². The average Bonchev–Trinajstić information content (AvgIpc) is 2.14. The molecule has 0 bridgehead atoms. The Morgan fingerprint density at radius 3 is 2.86 bits per heavy atom. The second kappa shape index (κ2) is 4.99. The zero-order valence-corrected chi connectivity index (χ0v) is 8.53. The van der Waals surface area contributed by atoms with Gasteiger partial charge in [0, 0.05) is 12.0 Å². The molecule has 14 heavy (non-hydrogen) atoms. The Balaban J connectivity index is 3.00. The lowest BCUT2D eigenvalue weighted by Crippen LogP contribution is -1.86. The van der Waals surface area contributed by atoms with E-state index in [4.69, 9.17) is 16.7 Å². The summed E-state index contributed by atoms with van der Waals surface area (Å²) >= 11 is 5.78. The van der Waals surface area contributed by atoms with Crippen molar-refractivity contribution in [2.45, 2.75) is 13.3 Å². The first-order valence-electron chi connectivity index (χ1n) is 4.20. The van der Waals surface area contributed by atoms with Crippen LogP contribution in [0.4, 0.5) is 4.39 Å². The van der Waals surface area contributed by atoms with E-state index >= 15 is 0 Å². The van der Waals surface area contributed by atoms with E-state index in [0.29, 0.717) is 22.6 Å². The van der Waals surface area contributed by atoms with Gasteiger partial charge >= 0.3 is 0 Å². The van der Waals surface area contributed by atoms with Gasteiger partial charge in [-0.1, -0.05) is 23.4 Å².